The molecule has 7 nitrogen and oxygen atoms in total. The van der Waals surface area contributed by atoms with E-state index in [2.05, 4.69) is 4.74 Å². The van der Waals surface area contributed by atoms with Crippen molar-refractivity contribution in [1.82, 2.24) is 4.31 Å². The lowest BCUT2D eigenvalue weighted by atomic mass is 9.98. The fourth-order valence-corrected chi connectivity index (χ4v) is 4.40. The van der Waals surface area contributed by atoms with E-state index in [9.17, 15) is 18.0 Å². The van der Waals surface area contributed by atoms with Crippen molar-refractivity contribution >= 4 is 22.0 Å². The summed E-state index contributed by atoms with van der Waals surface area (Å²) in [5.74, 6) is -1.53. The van der Waals surface area contributed by atoms with Crippen LogP contribution in [0.1, 0.15) is 30.9 Å². The predicted molar refractivity (Wildman–Crippen MR) is 95.0 cm³/mol. The molecule has 2 rings (SSSR count). The number of rotatable bonds is 5. The van der Waals surface area contributed by atoms with Crippen LogP contribution in [-0.2, 0) is 29.1 Å². The second kappa shape index (κ2) is 8.18. The average Bonchev–Trinajstić information content (AvgIpc) is 2.63. The minimum absolute atomic E-state index is 0.238. The lowest BCUT2D eigenvalue weighted by molar-refractivity contribution is -0.168. The fraction of sp³-hybridized carbons (Fsp3) is 0.556. The van der Waals surface area contributed by atoms with E-state index in [0.717, 1.165) is 11.1 Å². The van der Waals surface area contributed by atoms with Crippen LogP contribution >= 0.6 is 0 Å². The number of sulfonamides is 1. The van der Waals surface area contributed by atoms with E-state index in [1.54, 1.807) is 18.2 Å². The molecule has 0 saturated carbocycles. The molecule has 1 aliphatic heterocycles. The van der Waals surface area contributed by atoms with Crippen molar-refractivity contribution in [1.29, 1.82) is 0 Å². The Morgan fingerprint density at radius 2 is 1.77 bits per heavy atom. The highest BCUT2D eigenvalue weighted by Gasteiger charge is 2.34. The van der Waals surface area contributed by atoms with E-state index in [0.29, 0.717) is 12.8 Å². The van der Waals surface area contributed by atoms with Crippen molar-refractivity contribution in [2.45, 2.75) is 44.6 Å². The number of esters is 2. The van der Waals surface area contributed by atoms with Crippen molar-refractivity contribution in [3.63, 3.8) is 0 Å². The average molecular weight is 383 g/mol. The number of ether oxygens (including phenoxy) is 2. The Morgan fingerprint density at radius 3 is 2.31 bits per heavy atom. The zero-order valence-corrected chi connectivity index (χ0v) is 16.3. The van der Waals surface area contributed by atoms with Gasteiger partial charge in [-0.3, -0.25) is 4.79 Å². The van der Waals surface area contributed by atoms with Gasteiger partial charge in [-0.05, 0) is 56.9 Å². The molecule has 1 saturated heterocycles. The van der Waals surface area contributed by atoms with E-state index < -0.39 is 34.0 Å². The van der Waals surface area contributed by atoms with Gasteiger partial charge in [0.2, 0.25) is 10.0 Å². The van der Waals surface area contributed by atoms with Gasteiger partial charge < -0.3 is 9.47 Å². The standard InChI is InChI=1S/C18H25NO6S/c1-12-5-6-16(11-13(12)2)26(22,23)19-9-7-15(8-10-19)18(21)25-14(3)17(20)24-4/h5-6,11,14-15H,7-10H2,1-4H3/t14-/m0/s1. The summed E-state index contributed by atoms with van der Waals surface area (Å²) in [6.45, 7) is 5.73. The molecule has 1 aromatic rings. The number of hydrogen-bond donors (Lipinski definition) is 0. The Labute approximate surface area is 154 Å². The topological polar surface area (TPSA) is 90.0 Å². The minimum atomic E-state index is -3.58. The van der Waals surface area contributed by atoms with Crippen molar-refractivity contribution in [3.8, 4) is 0 Å². The van der Waals surface area contributed by atoms with Crippen LogP contribution in [0.3, 0.4) is 0 Å². The summed E-state index contributed by atoms with van der Waals surface area (Å²) in [4.78, 5) is 23.7. The van der Waals surface area contributed by atoms with Crippen molar-refractivity contribution in [3.05, 3.63) is 29.3 Å². The molecule has 26 heavy (non-hydrogen) atoms. The first kappa shape index (κ1) is 20.4. The third-order valence-electron chi connectivity index (χ3n) is 4.73. The molecule has 1 aliphatic rings. The lowest BCUT2D eigenvalue weighted by Gasteiger charge is -2.30. The van der Waals surface area contributed by atoms with E-state index >= 15 is 0 Å². The maximum atomic E-state index is 12.8. The first-order valence-corrected chi connectivity index (χ1v) is 9.96. The number of nitrogens with zero attached hydrogens (tertiary/aromatic N) is 1. The molecule has 0 N–H and O–H groups in total. The van der Waals surface area contributed by atoms with Crippen molar-refractivity contribution in [2.75, 3.05) is 20.2 Å². The van der Waals surface area contributed by atoms with Crippen LogP contribution in [0.5, 0.6) is 0 Å². The van der Waals surface area contributed by atoms with Crippen LogP contribution in [0.15, 0.2) is 23.1 Å². The second-order valence-electron chi connectivity index (χ2n) is 6.53. The number of aryl methyl sites for hydroxylation is 2. The normalized spacial score (nSPS) is 17.5. The number of carbonyl (C=O) groups excluding carboxylic acids is 2. The van der Waals surface area contributed by atoms with Gasteiger partial charge in [-0.25, -0.2) is 13.2 Å². The molecule has 1 fully saturated rings. The van der Waals surface area contributed by atoms with Crippen LogP contribution in [0.2, 0.25) is 0 Å². The maximum absolute atomic E-state index is 12.8. The van der Waals surface area contributed by atoms with E-state index in [-0.39, 0.29) is 18.0 Å². The Balaban J connectivity index is 2.00. The molecule has 0 amide bonds. The molecular formula is C18H25NO6S. The molecule has 0 aliphatic carbocycles. The van der Waals surface area contributed by atoms with Gasteiger partial charge in [-0.15, -0.1) is 0 Å². The smallest absolute Gasteiger partial charge is 0.346 e. The molecule has 0 aromatic heterocycles. The second-order valence-corrected chi connectivity index (χ2v) is 8.46. The first-order chi connectivity index (χ1) is 12.2. The quantitative estimate of drug-likeness (QED) is 0.721. The Hall–Kier alpha value is -1.93. The zero-order valence-electron chi connectivity index (χ0n) is 15.5. The number of benzene rings is 1. The third-order valence-corrected chi connectivity index (χ3v) is 6.62. The first-order valence-electron chi connectivity index (χ1n) is 8.52. The fourth-order valence-electron chi connectivity index (χ4n) is 2.84. The Morgan fingerprint density at radius 1 is 1.15 bits per heavy atom. The summed E-state index contributed by atoms with van der Waals surface area (Å²) in [5.41, 5.74) is 1.95. The van der Waals surface area contributed by atoms with Gasteiger partial charge in [0, 0.05) is 13.1 Å². The van der Waals surface area contributed by atoms with Gasteiger partial charge in [-0.2, -0.15) is 4.31 Å². The Kier molecular flexibility index (Phi) is 6.41. The molecule has 0 unspecified atom stereocenters. The largest absolute Gasteiger partial charge is 0.466 e. The molecule has 1 heterocycles. The molecule has 144 valence electrons. The number of methoxy groups -OCH3 is 1. The van der Waals surface area contributed by atoms with E-state index in [4.69, 9.17) is 4.74 Å². The molecule has 1 aromatic carbocycles. The zero-order chi connectivity index (χ0) is 19.5. The van der Waals surface area contributed by atoms with Gasteiger partial charge in [0.1, 0.15) is 0 Å². The third kappa shape index (κ3) is 4.42. The van der Waals surface area contributed by atoms with Crippen LogP contribution in [0.4, 0.5) is 0 Å². The van der Waals surface area contributed by atoms with Gasteiger partial charge in [0.05, 0.1) is 17.9 Å². The molecule has 8 heteroatoms. The summed E-state index contributed by atoms with van der Waals surface area (Å²) in [7, 11) is -2.36. The number of carbonyl (C=O) groups is 2. The number of piperidine rings is 1. The predicted octanol–water partition coefficient (Wildman–Crippen LogP) is 1.81. The monoisotopic (exact) mass is 383 g/mol. The van der Waals surface area contributed by atoms with Gasteiger partial charge >= 0.3 is 11.9 Å². The number of hydrogen-bond acceptors (Lipinski definition) is 6. The summed E-state index contributed by atoms with van der Waals surface area (Å²) in [5, 5.41) is 0. The summed E-state index contributed by atoms with van der Waals surface area (Å²) >= 11 is 0. The van der Waals surface area contributed by atoms with Gasteiger partial charge in [-0.1, -0.05) is 6.07 Å². The summed E-state index contributed by atoms with van der Waals surface area (Å²) < 4.78 is 36.6. The van der Waals surface area contributed by atoms with Gasteiger partial charge in [0.25, 0.3) is 0 Å². The molecule has 1 atom stereocenters. The van der Waals surface area contributed by atoms with Crippen molar-refractivity contribution < 1.29 is 27.5 Å². The molecule has 0 bridgehead atoms. The van der Waals surface area contributed by atoms with E-state index in [1.807, 2.05) is 13.8 Å². The van der Waals surface area contributed by atoms with Crippen LogP contribution in [-0.4, -0.2) is 51.0 Å². The molecule has 0 radical (unpaired) electrons. The lowest BCUT2D eigenvalue weighted by Crippen LogP contribution is -2.41. The minimum Gasteiger partial charge on any atom is -0.466 e. The highest BCUT2D eigenvalue weighted by Crippen LogP contribution is 2.26. The molecule has 0 spiro atoms. The van der Waals surface area contributed by atoms with Gasteiger partial charge in [0.15, 0.2) is 6.10 Å². The summed E-state index contributed by atoms with van der Waals surface area (Å²) in [6.07, 6.45) is -0.252. The molecular weight excluding hydrogens is 358 g/mol. The maximum Gasteiger partial charge on any atom is 0.346 e. The Bertz CT molecular complexity index is 781. The van der Waals surface area contributed by atoms with E-state index in [1.165, 1.54) is 18.3 Å². The SMILES string of the molecule is COC(=O)[C@H](C)OC(=O)C1CCN(S(=O)(=O)c2ccc(C)c(C)c2)CC1. The van der Waals surface area contributed by atoms with Crippen molar-refractivity contribution in [2.24, 2.45) is 5.92 Å². The van der Waals surface area contributed by atoms with Crippen LogP contribution < -0.4 is 0 Å². The van der Waals surface area contributed by atoms with Crippen LogP contribution in [0.25, 0.3) is 0 Å². The highest BCUT2D eigenvalue weighted by molar-refractivity contribution is 7.89. The highest BCUT2D eigenvalue weighted by atomic mass is 32.2. The summed E-state index contributed by atoms with van der Waals surface area (Å²) in [6, 6.07) is 5.07. The van der Waals surface area contributed by atoms with Crippen LogP contribution in [0, 0.1) is 19.8 Å².